The molecule has 1 spiro atoms. The first-order valence-corrected chi connectivity index (χ1v) is 12.9. The highest BCUT2D eigenvalue weighted by atomic mass is 19.1. The van der Waals surface area contributed by atoms with Crippen molar-refractivity contribution in [2.24, 2.45) is 5.41 Å². The van der Waals surface area contributed by atoms with Crippen LogP contribution in [0.1, 0.15) is 44.7 Å². The third-order valence-corrected chi connectivity index (χ3v) is 7.49. The van der Waals surface area contributed by atoms with E-state index < -0.39 is 0 Å². The molecule has 2 fully saturated rings. The molecule has 192 valence electrons. The van der Waals surface area contributed by atoms with Crippen molar-refractivity contribution < 1.29 is 9.50 Å². The lowest BCUT2D eigenvalue weighted by Crippen LogP contribution is -2.60. The van der Waals surface area contributed by atoms with E-state index in [9.17, 15) is 0 Å². The van der Waals surface area contributed by atoms with E-state index in [0.29, 0.717) is 22.7 Å². The minimum atomic E-state index is -0.236. The first-order valence-electron chi connectivity index (χ1n) is 12.9. The fourth-order valence-electron chi connectivity index (χ4n) is 5.40. The van der Waals surface area contributed by atoms with Gasteiger partial charge in [-0.2, -0.15) is 5.10 Å². The van der Waals surface area contributed by atoms with Crippen LogP contribution in [-0.4, -0.2) is 69.1 Å². The van der Waals surface area contributed by atoms with Gasteiger partial charge in [0.25, 0.3) is 0 Å². The van der Waals surface area contributed by atoms with Gasteiger partial charge in [-0.05, 0) is 69.2 Å². The summed E-state index contributed by atoms with van der Waals surface area (Å²) in [5.41, 5.74) is 4.34. The minimum absolute atomic E-state index is 0.236. The van der Waals surface area contributed by atoms with E-state index in [1.165, 1.54) is 6.07 Å². The highest BCUT2D eigenvalue weighted by molar-refractivity contribution is 5.65. The molecule has 0 unspecified atom stereocenters. The van der Waals surface area contributed by atoms with Gasteiger partial charge >= 0.3 is 0 Å². The molecule has 2 saturated heterocycles. The molecule has 36 heavy (non-hydrogen) atoms. The summed E-state index contributed by atoms with van der Waals surface area (Å²) in [5.74, 6) is 0.190. The van der Waals surface area contributed by atoms with Crippen molar-refractivity contribution in [1.82, 2.24) is 24.6 Å². The van der Waals surface area contributed by atoms with E-state index in [1.807, 2.05) is 36.1 Å². The summed E-state index contributed by atoms with van der Waals surface area (Å²) in [7, 11) is 0. The van der Waals surface area contributed by atoms with Crippen LogP contribution < -0.4 is 10.2 Å². The Kier molecular flexibility index (Phi) is 6.94. The number of rotatable bonds is 8. The SMILES string of the molecule is Cc1cnc(Nc2ccc(N3CCC4(CC3)CN(CCCO)C4)c(F)c2)nc1-c1cnn(C(C)C)c1. The zero-order valence-corrected chi connectivity index (χ0v) is 21.4. The fourth-order valence-corrected chi connectivity index (χ4v) is 5.40. The van der Waals surface area contributed by atoms with Crippen molar-refractivity contribution in [3.8, 4) is 11.3 Å². The number of hydrogen-bond donors (Lipinski definition) is 2. The maximum atomic E-state index is 15.1. The second-order valence-electron chi connectivity index (χ2n) is 10.6. The normalized spacial score (nSPS) is 17.6. The average molecular weight is 494 g/mol. The largest absolute Gasteiger partial charge is 0.396 e. The zero-order chi connectivity index (χ0) is 25.3. The summed E-state index contributed by atoms with van der Waals surface area (Å²) < 4.78 is 17.1. The first-order chi connectivity index (χ1) is 17.4. The second-order valence-corrected chi connectivity index (χ2v) is 10.6. The molecule has 3 aromatic rings. The summed E-state index contributed by atoms with van der Waals surface area (Å²) >= 11 is 0. The van der Waals surface area contributed by atoms with Crippen molar-refractivity contribution in [1.29, 1.82) is 0 Å². The Morgan fingerprint density at radius 2 is 1.94 bits per heavy atom. The van der Waals surface area contributed by atoms with Gasteiger partial charge < -0.3 is 20.2 Å². The zero-order valence-electron chi connectivity index (χ0n) is 21.4. The van der Waals surface area contributed by atoms with Gasteiger partial charge in [0.05, 0.1) is 17.6 Å². The summed E-state index contributed by atoms with van der Waals surface area (Å²) in [5, 5.41) is 16.6. The van der Waals surface area contributed by atoms with E-state index in [2.05, 4.69) is 44.0 Å². The Morgan fingerprint density at radius 3 is 2.61 bits per heavy atom. The van der Waals surface area contributed by atoms with Gasteiger partial charge in [0, 0.05) is 69.0 Å². The van der Waals surface area contributed by atoms with E-state index in [-0.39, 0.29) is 18.5 Å². The van der Waals surface area contributed by atoms with Crippen molar-refractivity contribution >= 4 is 17.3 Å². The molecule has 0 saturated carbocycles. The Labute approximate surface area is 212 Å². The van der Waals surface area contributed by atoms with E-state index in [1.54, 1.807) is 6.20 Å². The predicted octanol–water partition coefficient (Wildman–Crippen LogP) is 4.40. The molecule has 2 aliphatic rings. The highest BCUT2D eigenvalue weighted by Crippen LogP contribution is 2.41. The van der Waals surface area contributed by atoms with Crippen molar-refractivity contribution in [2.45, 2.75) is 46.1 Å². The van der Waals surface area contributed by atoms with Crippen LogP contribution in [-0.2, 0) is 0 Å². The van der Waals surface area contributed by atoms with Crippen LogP contribution in [0, 0.1) is 18.2 Å². The predicted molar refractivity (Wildman–Crippen MR) is 140 cm³/mol. The number of anilines is 3. The number of aromatic nitrogens is 4. The number of aryl methyl sites for hydroxylation is 1. The van der Waals surface area contributed by atoms with Crippen molar-refractivity contribution in [3.63, 3.8) is 0 Å². The lowest BCUT2D eigenvalue weighted by Gasteiger charge is -2.54. The molecule has 0 atom stereocenters. The van der Waals surface area contributed by atoms with Gasteiger partial charge in [-0.3, -0.25) is 4.68 Å². The Morgan fingerprint density at radius 1 is 1.17 bits per heavy atom. The molecule has 0 radical (unpaired) electrons. The standard InChI is InChI=1S/C27H36FN7O/c1-19(2)35-16-21(15-30-35)25-20(3)14-29-26(32-25)31-22-5-6-24(23(28)13-22)34-10-7-27(8-11-34)17-33(18-27)9-4-12-36/h5-6,13-16,19,36H,4,7-12,17-18H2,1-3H3,(H,29,31,32). The fraction of sp³-hybridized carbons (Fsp3) is 0.519. The maximum Gasteiger partial charge on any atom is 0.227 e. The van der Waals surface area contributed by atoms with Crippen LogP contribution in [0.2, 0.25) is 0 Å². The molecule has 0 bridgehead atoms. The molecule has 8 nitrogen and oxygen atoms in total. The number of benzene rings is 1. The van der Waals surface area contributed by atoms with Gasteiger partial charge in [0.1, 0.15) is 5.82 Å². The number of piperidine rings is 1. The molecule has 2 aliphatic heterocycles. The van der Waals surface area contributed by atoms with Crippen LogP contribution in [0.4, 0.5) is 21.7 Å². The minimum Gasteiger partial charge on any atom is -0.396 e. The topological polar surface area (TPSA) is 82.3 Å². The van der Waals surface area contributed by atoms with Gasteiger partial charge in [-0.1, -0.05) is 0 Å². The van der Waals surface area contributed by atoms with Crippen molar-refractivity contribution in [2.75, 3.05) is 49.5 Å². The van der Waals surface area contributed by atoms with Gasteiger partial charge in [-0.15, -0.1) is 0 Å². The van der Waals surface area contributed by atoms with E-state index in [4.69, 9.17) is 5.11 Å². The number of hydrogen-bond acceptors (Lipinski definition) is 7. The quantitative estimate of drug-likeness (QED) is 0.481. The summed E-state index contributed by atoms with van der Waals surface area (Å²) in [6, 6.07) is 5.54. The molecular formula is C27H36FN7O. The second kappa shape index (κ2) is 10.1. The lowest BCUT2D eigenvalue weighted by atomic mass is 9.72. The molecule has 0 amide bonds. The molecule has 2 aromatic heterocycles. The van der Waals surface area contributed by atoms with Crippen LogP contribution in [0.15, 0.2) is 36.8 Å². The molecule has 4 heterocycles. The van der Waals surface area contributed by atoms with Gasteiger partial charge in [0.15, 0.2) is 0 Å². The van der Waals surface area contributed by atoms with Gasteiger partial charge in [0.2, 0.25) is 5.95 Å². The molecule has 1 aromatic carbocycles. The van der Waals surface area contributed by atoms with Crippen LogP contribution in [0.3, 0.4) is 0 Å². The monoisotopic (exact) mass is 493 g/mol. The lowest BCUT2D eigenvalue weighted by molar-refractivity contribution is -0.0208. The average Bonchev–Trinajstić information content (AvgIpc) is 3.34. The highest BCUT2D eigenvalue weighted by Gasteiger charge is 2.44. The van der Waals surface area contributed by atoms with Gasteiger partial charge in [-0.25, -0.2) is 14.4 Å². The number of nitrogens with one attached hydrogen (secondary N) is 1. The molecule has 2 N–H and O–H groups in total. The van der Waals surface area contributed by atoms with E-state index >= 15 is 4.39 Å². The van der Waals surface area contributed by atoms with E-state index in [0.717, 1.165) is 68.8 Å². The number of aliphatic hydroxyl groups is 1. The molecule has 0 aliphatic carbocycles. The summed E-state index contributed by atoms with van der Waals surface area (Å²) in [6.07, 6.45) is 8.57. The molecule has 9 heteroatoms. The van der Waals surface area contributed by atoms with Crippen LogP contribution in [0.25, 0.3) is 11.3 Å². The number of halogens is 1. The number of aliphatic hydroxyl groups excluding tert-OH is 1. The van der Waals surface area contributed by atoms with Crippen molar-refractivity contribution in [3.05, 3.63) is 48.2 Å². The Bertz CT molecular complexity index is 1190. The molecular weight excluding hydrogens is 457 g/mol. The van der Waals surface area contributed by atoms with Crippen LogP contribution in [0.5, 0.6) is 0 Å². The molecule has 5 rings (SSSR count). The third-order valence-electron chi connectivity index (χ3n) is 7.49. The van der Waals surface area contributed by atoms with Crippen LogP contribution >= 0.6 is 0 Å². The summed E-state index contributed by atoms with van der Waals surface area (Å²) in [6.45, 7) is 11.3. The first kappa shape index (κ1) is 24.6. The third kappa shape index (κ3) is 5.08. The summed E-state index contributed by atoms with van der Waals surface area (Å²) in [4.78, 5) is 13.7. The number of likely N-dealkylation sites (tertiary alicyclic amines) is 1. The Hall–Kier alpha value is -3.04. The Balaban J connectivity index is 1.23. The smallest absolute Gasteiger partial charge is 0.227 e. The number of nitrogens with zero attached hydrogens (tertiary/aromatic N) is 6. The maximum absolute atomic E-state index is 15.1.